The number of hydrogen-bond acceptors (Lipinski definition) is 5. The number of primary amides is 1. The Morgan fingerprint density at radius 3 is 2.58 bits per heavy atom. The monoisotopic (exact) mass is 500 g/mol. The Morgan fingerprint density at radius 2 is 1.94 bits per heavy atom. The highest BCUT2D eigenvalue weighted by molar-refractivity contribution is 6.02. The number of fused-ring (bicyclic) bond motifs is 1. The third-order valence-corrected chi connectivity index (χ3v) is 7.73. The summed E-state index contributed by atoms with van der Waals surface area (Å²) in [6.07, 6.45) is -0.186. The zero-order valence-electron chi connectivity index (χ0n) is 19.5. The van der Waals surface area contributed by atoms with Gasteiger partial charge in [0.25, 0.3) is 5.91 Å². The fraction of sp³-hybridized carbons (Fsp3) is 0.520. The van der Waals surface area contributed by atoms with Crippen LogP contribution < -0.4 is 16.4 Å². The zero-order valence-corrected chi connectivity index (χ0v) is 19.5. The smallest absolute Gasteiger partial charge is 0.365 e. The highest BCUT2D eigenvalue weighted by atomic mass is 19.4. The summed E-state index contributed by atoms with van der Waals surface area (Å²) in [5, 5.41) is 20.4. The Bertz CT molecular complexity index is 1230. The molecule has 4 atom stereocenters. The maximum absolute atomic E-state index is 12.9. The molecule has 3 fully saturated rings. The fourth-order valence-corrected chi connectivity index (χ4v) is 5.63. The van der Waals surface area contributed by atoms with E-state index in [4.69, 9.17) is 5.73 Å². The Labute approximate surface area is 206 Å². The first-order valence-electron chi connectivity index (χ1n) is 12.1. The van der Waals surface area contributed by atoms with Gasteiger partial charge in [-0.2, -0.15) is 23.5 Å². The first-order valence-corrected chi connectivity index (χ1v) is 12.1. The standard InChI is InChI=1S/C25H27F3N6O2/c26-25(27,28)10-15-3-1-2-4-16(15)12-31-17-7-8-24(19(9-17)20(24)11-29)34-13-18(21(30)35)22(33-34)32-23(36)14-5-6-14/h1-4,13-14,17,19-20,31H,5-10,12H2,(H2,30,35)(H,32,33,36)/t17-,19?,20?,24-/m0/s1. The van der Waals surface area contributed by atoms with Crippen molar-refractivity contribution >= 4 is 17.6 Å². The molecular weight excluding hydrogens is 473 g/mol. The third-order valence-electron chi connectivity index (χ3n) is 7.73. The highest BCUT2D eigenvalue weighted by Crippen LogP contribution is 2.64. The molecule has 2 aromatic rings. The number of amides is 2. The lowest BCUT2D eigenvalue weighted by atomic mass is 9.91. The molecule has 2 amide bonds. The average molecular weight is 501 g/mol. The predicted octanol–water partition coefficient (Wildman–Crippen LogP) is 3.24. The SMILES string of the molecule is N#CC1C2C[C@@H](NCc3ccccc3CC(F)(F)F)CC[C@@]12n1cc(C(N)=O)c(NC(=O)C2CC2)n1. The van der Waals surface area contributed by atoms with Gasteiger partial charge in [-0.05, 0) is 43.2 Å². The van der Waals surface area contributed by atoms with E-state index in [1.807, 2.05) is 0 Å². The van der Waals surface area contributed by atoms with Crippen molar-refractivity contribution < 1.29 is 22.8 Å². The highest BCUT2D eigenvalue weighted by Gasteiger charge is 2.69. The number of carbonyl (C=O) groups excluding carboxylic acids is 2. The van der Waals surface area contributed by atoms with E-state index >= 15 is 0 Å². The van der Waals surface area contributed by atoms with Gasteiger partial charge in [-0.1, -0.05) is 24.3 Å². The van der Waals surface area contributed by atoms with Gasteiger partial charge in [-0.15, -0.1) is 0 Å². The van der Waals surface area contributed by atoms with Crippen LogP contribution in [-0.4, -0.2) is 33.8 Å². The van der Waals surface area contributed by atoms with Gasteiger partial charge in [0, 0.05) is 30.6 Å². The summed E-state index contributed by atoms with van der Waals surface area (Å²) in [6.45, 7) is 0.304. The maximum Gasteiger partial charge on any atom is 0.393 e. The second kappa shape index (κ2) is 8.92. The molecule has 0 radical (unpaired) electrons. The minimum absolute atomic E-state index is 0.0284. The number of nitrogens with one attached hydrogen (secondary N) is 2. The Hall–Kier alpha value is -3.39. The predicted molar refractivity (Wildman–Crippen MR) is 123 cm³/mol. The summed E-state index contributed by atoms with van der Waals surface area (Å²) < 4.78 is 40.4. The number of aromatic nitrogens is 2. The van der Waals surface area contributed by atoms with E-state index in [9.17, 15) is 28.0 Å². The van der Waals surface area contributed by atoms with Crippen LogP contribution in [0, 0.1) is 29.1 Å². The van der Waals surface area contributed by atoms with Crippen LogP contribution in [0.3, 0.4) is 0 Å². The molecule has 8 nitrogen and oxygen atoms in total. The average Bonchev–Trinajstić information content (AvgIpc) is 3.72. The minimum atomic E-state index is -4.28. The second-order valence-corrected chi connectivity index (χ2v) is 10.1. The van der Waals surface area contributed by atoms with Crippen LogP contribution in [0.2, 0.25) is 0 Å². The van der Waals surface area contributed by atoms with Crippen molar-refractivity contribution in [3.05, 3.63) is 47.2 Å². The van der Waals surface area contributed by atoms with Crippen molar-refractivity contribution in [3.8, 4) is 6.07 Å². The van der Waals surface area contributed by atoms with Crippen LogP contribution in [0.25, 0.3) is 0 Å². The molecule has 1 aromatic heterocycles. The van der Waals surface area contributed by atoms with Gasteiger partial charge in [0.1, 0.15) is 5.56 Å². The minimum Gasteiger partial charge on any atom is -0.365 e. The number of nitriles is 1. The number of halogens is 3. The van der Waals surface area contributed by atoms with Crippen molar-refractivity contribution in [1.82, 2.24) is 15.1 Å². The number of carbonyl (C=O) groups is 2. The third kappa shape index (κ3) is 4.57. The molecule has 5 rings (SSSR count). The molecule has 11 heteroatoms. The molecule has 1 heterocycles. The van der Waals surface area contributed by atoms with Gasteiger partial charge >= 0.3 is 6.18 Å². The first kappa shape index (κ1) is 24.3. The lowest BCUT2D eigenvalue weighted by Crippen LogP contribution is -2.37. The van der Waals surface area contributed by atoms with Crippen molar-refractivity contribution in [2.45, 2.75) is 62.8 Å². The summed E-state index contributed by atoms with van der Waals surface area (Å²) in [5.41, 5.74) is 5.91. The van der Waals surface area contributed by atoms with Crippen molar-refractivity contribution in [2.75, 3.05) is 5.32 Å². The summed E-state index contributed by atoms with van der Waals surface area (Å²) in [6, 6.07) is 8.91. The van der Waals surface area contributed by atoms with Gasteiger partial charge < -0.3 is 16.4 Å². The molecule has 36 heavy (non-hydrogen) atoms. The van der Waals surface area contributed by atoms with E-state index in [1.165, 1.54) is 12.3 Å². The topological polar surface area (TPSA) is 126 Å². The molecule has 0 saturated heterocycles. The summed E-state index contributed by atoms with van der Waals surface area (Å²) in [5.74, 6) is -1.21. The lowest BCUT2D eigenvalue weighted by molar-refractivity contribution is -0.127. The molecule has 0 bridgehead atoms. The Morgan fingerprint density at radius 1 is 1.22 bits per heavy atom. The van der Waals surface area contributed by atoms with Crippen LogP contribution in [0.4, 0.5) is 19.0 Å². The largest absolute Gasteiger partial charge is 0.393 e. The molecule has 1 aromatic carbocycles. The Balaban J connectivity index is 1.29. The van der Waals surface area contributed by atoms with E-state index in [2.05, 4.69) is 21.8 Å². The number of alkyl halides is 3. The van der Waals surface area contributed by atoms with Crippen LogP contribution in [0.5, 0.6) is 0 Å². The number of nitrogens with two attached hydrogens (primary N) is 1. The van der Waals surface area contributed by atoms with Crippen molar-refractivity contribution in [2.24, 2.45) is 23.5 Å². The van der Waals surface area contributed by atoms with Gasteiger partial charge in [0.05, 0.1) is 23.9 Å². The molecule has 3 aliphatic rings. The number of benzene rings is 1. The molecule has 0 spiro atoms. The summed E-state index contributed by atoms with van der Waals surface area (Å²) >= 11 is 0. The van der Waals surface area contributed by atoms with E-state index in [0.717, 1.165) is 12.8 Å². The van der Waals surface area contributed by atoms with Crippen LogP contribution >= 0.6 is 0 Å². The molecule has 3 aliphatic carbocycles. The number of rotatable bonds is 8. The van der Waals surface area contributed by atoms with E-state index in [-0.39, 0.29) is 46.6 Å². The fourth-order valence-electron chi connectivity index (χ4n) is 5.63. The zero-order chi connectivity index (χ0) is 25.7. The molecule has 2 unspecified atom stereocenters. The lowest BCUT2D eigenvalue weighted by Gasteiger charge is -2.29. The first-order chi connectivity index (χ1) is 17.1. The maximum atomic E-state index is 12.9. The van der Waals surface area contributed by atoms with Crippen LogP contribution in [0.15, 0.2) is 30.5 Å². The number of anilines is 1. The van der Waals surface area contributed by atoms with Gasteiger partial charge in [-0.25, -0.2) is 0 Å². The van der Waals surface area contributed by atoms with Crippen molar-refractivity contribution in [3.63, 3.8) is 0 Å². The normalized spacial score (nSPS) is 27.1. The van der Waals surface area contributed by atoms with E-state index < -0.39 is 24.0 Å². The molecular formula is C25H27F3N6O2. The second-order valence-electron chi connectivity index (χ2n) is 10.1. The molecule has 3 saturated carbocycles. The quantitative estimate of drug-likeness (QED) is 0.513. The Kier molecular flexibility index (Phi) is 6.03. The molecule has 4 N–H and O–H groups in total. The van der Waals surface area contributed by atoms with Gasteiger partial charge in [0.15, 0.2) is 5.82 Å². The van der Waals surface area contributed by atoms with Crippen LogP contribution in [0.1, 0.15) is 53.6 Å². The number of nitrogens with zero attached hydrogens (tertiary/aromatic N) is 3. The summed E-state index contributed by atoms with van der Waals surface area (Å²) in [4.78, 5) is 24.3. The van der Waals surface area contributed by atoms with Crippen molar-refractivity contribution in [1.29, 1.82) is 5.26 Å². The number of hydrogen-bond donors (Lipinski definition) is 3. The van der Waals surface area contributed by atoms with Gasteiger partial charge in [0.2, 0.25) is 5.91 Å². The van der Waals surface area contributed by atoms with E-state index in [1.54, 1.807) is 22.9 Å². The molecule has 190 valence electrons. The van der Waals surface area contributed by atoms with E-state index in [0.29, 0.717) is 31.4 Å². The van der Waals surface area contributed by atoms with Gasteiger partial charge in [-0.3, -0.25) is 14.3 Å². The molecule has 0 aliphatic heterocycles. The summed E-state index contributed by atoms with van der Waals surface area (Å²) in [7, 11) is 0. The van der Waals surface area contributed by atoms with Crippen LogP contribution in [-0.2, 0) is 23.3 Å².